The van der Waals surface area contributed by atoms with Crippen molar-refractivity contribution in [3.8, 4) is 5.75 Å². The number of nitrogen functional groups attached to an aromatic ring is 1. The van der Waals surface area contributed by atoms with E-state index >= 15 is 0 Å². The topological polar surface area (TPSA) is 73.1 Å². The lowest BCUT2D eigenvalue weighted by Crippen LogP contribution is -2.01. The predicted molar refractivity (Wildman–Crippen MR) is 72.7 cm³/mol. The first kappa shape index (κ1) is 12.7. The van der Waals surface area contributed by atoms with Crippen molar-refractivity contribution >= 4 is 40.4 Å². The number of hydrogen-bond donors (Lipinski definition) is 2. The van der Waals surface area contributed by atoms with E-state index < -0.39 is 0 Å². The smallest absolute Gasteiger partial charge is 0.224 e. The maximum Gasteiger partial charge on any atom is 0.224 e. The summed E-state index contributed by atoms with van der Waals surface area (Å²) in [7, 11) is 1.57. The predicted octanol–water partition coefficient (Wildman–Crippen LogP) is 3.12. The van der Waals surface area contributed by atoms with Gasteiger partial charge in [-0.05, 0) is 23.7 Å². The van der Waals surface area contributed by atoms with Gasteiger partial charge in [-0.3, -0.25) is 0 Å². The Bertz CT molecular complexity index is 577. The normalized spacial score (nSPS) is 10.2. The molecule has 7 heteroatoms. The van der Waals surface area contributed by atoms with Crippen LogP contribution in [0, 0.1) is 0 Å². The standard InChI is InChI=1S/C11H10Cl2N4O/c1-18-6-2-3-7(12)9(4-6)16-10-8(14)5-15-11(13)17-10/h2-5H,14H2,1H3,(H,15,16,17). The van der Waals surface area contributed by atoms with Crippen molar-refractivity contribution in [1.82, 2.24) is 9.97 Å². The molecule has 0 unspecified atom stereocenters. The summed E-state index contributed by atoms with van der Waals surface area (Å²) >= 11 is 11.8. The molecule has 1 heterocycles. The van der Waals surface area contributed by atoms with Crippen molar-refractivity contribution in [2.24, 2.45) is 0 Å². The van der Waals surface area contributed by atoms with Gasteiger partial charge in [-0.15, -0.1) is 0 Å². The first-order valence-electron chi connectivity index (χ1n) is 4.98. The fourth-order valence-corrected chi connectivity index (χ4v) is 1.62. The molecule has 0 bridgehead atoms. The summed E-state index contributed by atoms with van der Waals surface area (Å²) in [4.78, 5) is 7.75. The van der Waals surface area contributed by atoms with Crippen LogP contribution in [0.5, 0.6) is 5.75 Å². The van der Waals surface area contributed by atoms with Crippen LogP contribution in [-0.4, -0.2) is 17.1 Å². The van der Waals surface area contributed by atoms with Gasteiger partial charge in [0.1, 0.15) is 5.75 Å². The summed E-state index contributed by atoms with van der Waals surface area (Å²) in [5, 5.41) is 3.60. The largest absolute Gasteiger partial charge is 0.497 e. The first-order valence-corrected chi connectivity index (χ1v) is 5.74. The van der Waals surface area contributed by atoms with Crippen molar-refractivity contribution in [2.45, 2.75) is 0 Å². The van der Waals surface area contributed by atoms with Crippen molar-refractivity contribution < 1.29 is 4.74 Å². The Labute approximate surface area is 114 Å². The quantitative estimate of drug-likeness (QED) is 0.848. The lowest BCUT2D eigenvalue weighted by Gasteiger charge is -2.11. The van der Waals surface area contributed by atoms with Gasteiger partial charge in [-0.25, -0.2) is 4.98 Å². The molecule has 2 aromatic rings. The van der Waals surface area contributed by atoms with Crippen molar-refractivity contribution in [3.05, 3.63) is 34.7 Å². The van der Waals surface area contributed by atoms with Crippen LogP contribution in [0.25, 0.3) is 0 Å². The number of hydrogen-bond acceptors (Lipinski definition) is 5. The molecule has 0 saturated heterocycles. The third-order valence-corrected chi connectivity index (χ3v) is 2.73. The molecular formula is C11H10Cl2N4O. The Morgan fingerprint density at radius 1 is 1.33 bits per heavy atom. The second kappa shape index (κ2) is 5.29. The lowest BCUT2D eigenvalue weighted by atomic mass is 10.3. The molecule has 0 amide bonds. The second-order valence-electron chi connectivity index (χ2n) is 3.41. The number of nitrogens with one attached hydrogen (secondary N) is 1. The fourth-order valence-electron chi connectivity index (χ4n) is 1.32. The van der Waals surface area contributed by atoms with E-state index in [1.165, 1.54) is 6.20 Å². The fraction of sp³-hybridized carbons (Fsp3) is 0.0909. The molecule has 0 saturated carbocycles. The number of halogens is 2. The highest BCUT2D eigenvalue weighted by atomic mass is 35.5. The van der Waals surface area contributed by atoms with Gasteiger partial charge in [0, 0.05) is 6.07 Å². The van der Waals surface area contributed by atoms with Gasteiger partial charge in [-0.1, -0.05) is 11.6 Å². The van der Waals surface area contributed by atoms with Crippen LogP contribution < -0.4 is 15.8 Å². The maximum absolute atomic E-state index is 6.06. The zero-order valence-electron chi connectivity index (χ0n) is 9.45. The van der Waals surface area contributed by atoms with Gasteiger partial charge >= 0.3 is 0 Å². The molecule has 94 valence electrons. The van der Waals surface area contributed by atoms with E-state index in [1.807, 2.05) is 0 Å². The SMILES string of the molecule is COc1ccc(Cl)c(Nc2nc(Cl)ncc2N)c1. The average Bonchev–Trinajstić information content (AvgIpc) is 2.36. The molecule has 0 fully saturated rings. The molecule has 1 aromatic carbocycles. The Hall–Kier alpha value is -1.72. The number of aromatic nitrogens is 2. The Kier molecular flexibility index (Phi) is 3.74. The van der Waals surface area contributed by atoms with Gasteiger partial charge in [0.05, 0.1) is 29.7 Å². The van der Waals surface area contributed by atoms with E-state index in [0.29, 0.717) is 28.0 Å². The lowest BCUT2D eigenvalue weighted by molar-refractivity contribution is 0.415. The molecule has 1 aromatic heterocycles. The molecule has 0 spiro atoms. The number of nitrogens with zero attached hydrogens (tertiary/aromatic N) is 2. The summed E-state index contributed by atoms with van der Waals surface area (Å²) in [6.45, 7) is 0. The van der Waals surface area contributed by atoms with E-state index in [4.69, 9.17) is 33.7 Å². The Morgan fingerprint density at radius 2 is 2.11 bits per heavy atom. The number of rotatable bonds is 3. The number of benzene rings is 1. The summed E-state index contributed by atoms with van der Waals surface area (Å²) < 4.78 is 5.11. The van der Waals surface area contributed by atoms with E-state index in [-0.39, 0.29) is 5.28 Å². The number of ether oxygens (including phenoxy) is 1. The molecule has 18 heavy (non-hydrogen) atoms. The minimum atomic E-state index is 0.103. The minimum Gasteiger partial charge on any atom is -0.497 e. The van der Waals surface area contributed by atoms with Crippen molar-refractivity contribution in [1.29, 1.82) is 0 Å². The number of methoxy groups -OCH3 is 1. The third-order valence-electron chi connectivity index (χ3n) is 2.21. The van der Waals surface area contributed by atoms with Gasteiger partial charge in [-0.2, -0.15) is 4.98 Å². The molecule has 5 nitrogen and oxygen atoms in total. The summed E-state index contributed by atoms with van der Waals surface area (Å²) in [6.07, 6.45) is 1.42. The molecule has 3 N–H and O–H groups in total. The molecule has 2 rings (SSSR count). The highest BCUT2D eigenvalue weighted by Gasteiger charge is 2.07. The molecule has 0 atom stereocenters. The Balaban J connectivity index is 2.36. The number of anilines is 3. The number of nitrogens with two attached hydrogens (primary N) is 1. The average molecular weight is 285 g/mol. The summed E-state index contributed by atoms with van der Waals surface area (Å²) in [5.74, 6) is 1.06. The summed E-state index contributed by atoms with van der Waals surface area (Å²) in [5.41, 5.74) is 6.73. The molecule has 0 aliphatic rings. The second-order valence-corrected chi connectivity index (χ2v) is 4.16. The highest BCUT2D eigenvalue weighted by Crippen LogP contribution is 2.30. The summed E-state index contributed by atoms with van der Waals surface area (Å²) in [6, 6.07) is 5.20. The zero-order chi connectivity index (χ0) is 13.1. The van der Waals surface area contributed by atoms with Crippen LogP contribution in [0.2, 0.25) is 10.3 Å². The third kappa shape index (κ3) is 2.75. The van der Waals surface area contributed by atoms with Gasteiger partial charge in [0.2, 0.25) is 5.28 Å². The van der Waals surface area contributed by atoms with E-state index in [1.54, 1.807) is 25.3 Å². The zero-order valence-corrected chi connectivity index (χ0v) is 11.0. The van der Waals surface area contributed by atoms with Crippen LogP contribution >= 0.6 is 23.2 Å². The molecular weight excluding hydrogens is 275 g/mol. The monoisotopic (exact) mass is 284 g/mol. The molecule has 0 aliphatic carbocycles. The first-order chi connectivity index (χ1) is 8.60. The van der Waals surface area contributed by atoms with E-state index in [9.17, 15) is 0 Å². The van der Waals surface area contributed by atoms with Crippen molar-refractivity contribution in [2.75, 3.05) is 18.2 Å². The van der Waals surface area contributed by atoms with Gasteiger partial charge in [0.15, 0.2) is 5.82 Å². The van der Waals surface area contributed by atoms with Gasteiger partial charge < -0.3 is 15.8 Å². The van der Waals surface area contributed by atoms with Crippen LogP contribution in [-0.2, 0) is 0 Å². The van der Waals surface area contributed by atoms with Crippen LogP contribution in [0.15, 0.2) is 24.4 Å². The highest BCUT2D eigenvalue weighted by molar-refractivity contribution is 6.33. The molecule has 0 radical (unpaired) electrons. The minimum absolute atomic E-state index is 0.103. The maximum atomic E-state index is 6.06. The van der Waals surface area contributed by atoms with Crippen LogP contribution in [0.1, 0.15) is 0 Å². The van der Waals surface area contributed by atoms with Crippen LogP contribution in [0.4, 0.5) is 17.2 Å². The molecule has 0 aliphatic heterocycles. The van der Waals surface area contributed by atoms with Crippen molar-refractivity contribution in [3.63, 3.8) is 0 Å². The Morgan fingerprint density at radius 3 is 2.83 bits per heavy atom. The van der Waals surface area contributed by atoms with E-state index in [0.717, 1.165) is 0 Å². The van der Waals surface area contributed by atoms with Crippen LogP contribution in [0.3, 0.4) is 0 Å². The van der Waals surface area contributed by atoms with E-state index in [2.05, 4.69) is 15.3 Å². The van der Waals surface area contributed by atoms with Gasteiger partial charge in [0.25, 0.3) is 0 Å².